The Morgan fingerprint density at radius 1 is 0.298 bits per heavy atom. The van der Waals surface area contributed by atoms with Gasteiger partial charge in [0.25, 0.3) is 0 Å². The van der Waals surface area contributed by atoms with Gasteiger partial charge in [-0.1, -0.05) is 325 Å². The van der Waals surface area contributed by atoms with Crippen LogP contribution in [0.3, 0.4) is 0 Å². The molecule has 0 aliphatic rings. The lowest BCUT2D eigenvalue weighted by molar-refractivity contribution is -0.161. The molecule has 19 heteroatoms. The summed E-state index contributed by atoms with van der Waals surface area (Å²) in [4.78, 5) is 72.8. The van der Waals surface area contributed by atoms with Crippen molar-refractivity contribution in [1.82, 2.24) is 0 Å². The maximum Gasteiger partial charge on any atom is 0.472 e. The maximum atomic E-state index is 13.1. The fourth-order valence-electron chi connectivity index (χ4n) is 11.3. The molecule has 0 heterocycles. The van der Waals surface area contributed by atoms with Crippen LogP contribution >= 0.6 is 15.6 Å². The van der Waals surface area contributed by atoms with Crippen LogP contribution in [0.2, 0.25) is 0 Å². The predicted octanol–water partition coefficient (Wildman–Crippen LogP) is 21.7. The Balaban J connectivity index is 5.27. The van der Waals surface area contributed by atoms with Crippen LogP contribution < -0.4 is 0 Å². The number of carbonyl (C=O) groups is 4. The molecule has 0 aromatic rings. The molecular weight excluding hydrogens is 1230 g/mol. The highest BCUT2D eigenvalue weighted by Gasteiger charge is 2.30. The Morgan fingerprint density at radius 3 is 0.755 bits per heavy atom. The molecule has 94 heavy (non-hydrogen) atoms. The summed E-state index contributed by atoms with van der Waals surface area (Å²) in [5.74, 6) is 0.969. The van der Waals surface area contributed by atoms with Gasteiger partial charge in [-0.2, -0.15) is 0 Å². The minimum absolute atomic E-state index is 0.105. The summed E-state index contributed by atoms with van der Waals surface area (Å²) < 4.78 is 68.5. The highest BCUT2D eigenvalue weighted by Crippen LogP contribution is 2.45. The SMILES string of the molecule is CCC(C)CCCCCCCCCCCCC(=O)O[C@H](COC(=O)CCCCCCCCC(C)CC)COP(=O)(O)OC[C@H](O)COP(=O)(O)OC[C@@H](COC(=O)CCCCCCCCCCCCCC(C)C)OC(=O)CCCCCCCCCCCCCCCC(C)C. The van der Waals surface area contributed by atoms with Crippen molar-refractivity contribution in [3.05, 3.63) is 0 Å². The fraction of sp³-hybridized carbons (Fsp3) is 0.947. The van der Waals surface area contributed by atoms with Crippen LogP contribution in [0.4, 0.5) is 0 Å². The molecule has 0 amide bonds. The number of esters is 4. The number of aliphatic hydroxyl groups excluding tert-OH is 1. The zero-order valence-electron chi connectivity index (χ0n) is 61.6. The van der Waals surface area contributed by atoms with Gasteiger partial charge in [0, 0.05) is 25.7 Å². The third kappa shape index (κ3) is 66.0. The minimum atomic E-state index is -4.96. The van der Waals surface area contributed by atoms with Gasteiger partial charge >= 0.3 is 39.5 Å². The van der Waals surface area contributed by atoms with E-state index >= 15 is 0 Å². The summed E-state index contributed by atoms with van der Waals surface area (Å²) in [7, 11) is -9.91. The second-order valence-electron chi connectivity index (χ2n) is 28.5. The molecule has 0 saturated carbocycles. The number of unbranched alkanes of at least 4 members (excludes halogenated alkanes) is 36. The molecule has 0 aromatic carbocycles. The summed E-state index contributed by atoms with van der Waals surface area (Å²) in [6, 6.07) is 0. The van der Waals surface area contributed by atoms with E-state index in [1.807, 2.05) is 0 Å². The Hall–Kier alpha value is -1.94. The number of ether oxygens (including phenoxy) is 4. The monoisotopic (exact) mass is 1380 g/mol. The van der Waals surface area contributed by atoms with Crippen LogP contribution in [-0.4, -0.2) is 96.7 Å². The molecule has 0 aliphatic carbocycles. The normalized spacial score (nSPS) is 14.7. The predicted molar refractivity (Wildman–Crippen MR) is 381 cm³/mol. The summed E-state index contributed by atoms with van der Waals surface area (Å²) >= 11 is 0. The Labute approximate surface area is 575 Å². The van der Waals surface area contributed by atoms with Crippen LogP contribution in [-0.2, 0) is 65.4 Å². The van der Waals surface area contributed by atoms with Gasteiger partial charge in [-0.25, -0.2) is 9.13 Å². The Bertz CT molecular complexity index is 1850. The molecule has 0 aliphatic heterocycles. The number of rotatable bonds is 72. The van der Waals surface area contributed by atoms with Crippen LogP contribution in [0.25, 0.3) is 0 Å². The van der Waals surface area contributed by atoms with Crippen molar-refractivity contribution in [2.75, 3.05) is 39.6 Å². The van der Waals surface area contributed by atoms with Crippen LogP contribution in [0.5, 0.6) is 0 Å². The highest BCUT2D eigenvalue weighted by atomic mass is 31.2. The van der Waals surface area contributed by atoms with Crippen molar-refractivity contribution in [2.24, 2.45) is 23.7 Å². The molecule has 4 unspecified atom stereocenters. The zero-order valence-corrected chi connectivity index (χ0v) is 63.4. The van der Waals surface area contributed by atoms with Crippen molar-refractivity contribution in [3.8, 4) is 0 Å². The first-order valence-corrected chi connectivity index (χ1v) is 41.8. The second kappa shape index (κ2) is 64.4. The first-order valence-electron chi connectivity index (χ1n) is 38.8. The molecule has 7 atom stereocenters. The lowest BCUT2D eigenvalue weighted by Gasteiger charge is -2.21. The van der Waals surface area contributed by atoms with Crippen LogP contribution in [0.1, 0.15) is 376 Å². The molecule has 558 valence electrons. The maximum absolute atomic E-state index is 13.1. The number of hydrogen-bond donors (Lipinski definition) is 3. The van der Waals surface area contributed by atoms with E-state index in [1.54, 1.807) is 0 Å². The van der Waals surface area contributed by atoms with E-state index in [0.29, 0.717) is 25.7 Å². The van der Waals surface area contributed by atoms with Gasteiger partial charge < -0.3 is 33.8 Å². The van der Waals surface area contributed by atoms with Crippen LogP contribution in [0.15, 0.2) is 0 Å². The third-order valence-electron chi connectivity index (χ3n) is 18.0. The molecule has 0 spiro atoms. The summed E-state index contributed by atoms with van der Waals surface area (Å²) in [5.41, 5.74) is 0. The zero-order chi connectivity index (χ0) is 69.6. The quantitative estimate of drug-likeness (QED) is 0.0222. The van der Waals surface area contributed by atoms with E-state index in [0.717, 1.165) is 120 Å². The van der Waals surface area contributed by atoms with E-state index in [4.69, 9.17) is 37.0 Å². The van der Waals surface area contributed by atoms with Crippen LogP contribution in [0, 0.1) is 23.7 Å². The Kier molecular flexibility index (Phi) is 63.1. The van der Waals surface area contributed by atoms with E-state index in [2.05, 4.69) is 55.4 Å². The van der Waals surface area contributed by atoms with Crippen molar-refractivity contribution in [1.29, 1.82) is 0 Å². The highest BCUT2D eigenvalue weighted by molar-refractivity contribution is 7.47. The topological polar surface area (TPSA) is 237 Å². The number of carbonyl (C=O) groups excluding carboxylic acids is 4. The number of aliphatic hydroxyl groups is 1. The summed E-state index contributed by atoms with van der Waals surface area (Å²) in [5, 5.41) is 10.6. The Morgan fingerprint density at radius 2 is 0.511 bits per heavy atom. The van der Waals surface area contributed by atoms with Crippen molar-refractivity contribution in [3.63, 3.8) is 0 Å². The molecule has 0 rings (SSSR count). The molecule has 0 bridgehead atoms. The van der Waals surface area contributed by atoms with Gasteiger partial charge in [0.2, 0.25) is 0 Å². The third-order valence-corrected chi connectivity index (χ3v) is 19.9. The number of hydrogen-bond acceptors (Lipinski definition) is 15. The summed E-state index contributed by atoms with van der Waals surface area (Å²) in [6.07, 6.45) is 48.4. The molecular formula is C75H146O17P2. The van der Waals surface area contributed by atoms with Gasteiger partial charge in [-0.05, 0) is 49.4 Å². The van der Waals surface area contributed by atoms with E-state index in [-0.39, 0.29) is 25.7 Å². The average molecular weight is 1380 g/mol. The van der Waals surface area contributed by atoms with Gasteiger partial charge in [0.15, 0.2) is 12.2 Å². The van der Waals surface area contributed by atoms with Gasteiger partial charge in [-0.3, -0.25) is 37.3 Å². The molecule has 0 radical (unpaired) electrons. The van der Waals surface area contributed by atoms with Crippen molar-refractivity contribution in [2.45, 2.75) is 395 Å². The van der Waals surface area contributed by atoms with Gasteiger partial charge in [0.05, 0.1) is 26.4 Å². The van der Waals surface area contributed by atoms with Crippen molar-refractivity contribution >= 4 is 39.5 Å². The largest absolute Gasteiger partial charge is 0.472 e. The van der Waals surface area contributed by atoms with Crippen molar-refractivity contribution < 1.29 is 80.2 Å². The number of phosphoric acid groups is 2. The molecule has 17 nitrogen and oxygen atoms in total. The molecule has 0 aromatic heterocycles. The van der Waals surface area contributed by atoms with Gasteiger partial charge in [-0.15, -0.1) is 0 Å². The minimum Gasteiger partial charge on any atom is -0.462 e. The standard InChI is InChI=1S/C75H146O17P2/c1-9-67(7)53-45-37-29-23-19-20-26-32-42-50-58-75(80)92-71(62-86-73(78)56-48-40-34-33-38-46-54-68(8)10-2)64-90-94(83,84)88-60-69(76)59-87-93(81,82)89-63-70(61-85-72(77)55-47-39-30-24-18-14-16-22-28-36-44-52-66(5)6)91-74(79)57-49-41-31-25-17-13-11-12-15-21-27-35-43-51-65(3)4/h65-71,76H,9-64H2,1-8H3,(H,81,82)(H,83,84)/t67?,68?,69-,70-,71-/m1/s1. The first kappa shape index (κ1) is 92.1. The fourth-order valence-corrected chi connectivity index (χ4v) is 12.9. The summed E-state index contributed by atoms with van der Waals surface area (Å²) in [6.45, 7) is 14.2. The molecule has 0 fully saturated rings. The molecule has 0 saturated heterocycles. The second-order valence-corrected chi connectivity index (χ2v) is 31.4. The van der Waals surface area contributed by atoms with E-state index in [1.165, 1.54) is 173 Å². The first-order chi connectivity index (χ1) is 45.2. The smallest absolute Gasteiger partial charge is 0.462 e. The lowest BCUT2D eigenvalue weighted by Crippen LogP contribution is -2.30. The van der Waals surface area contributed by atoms with Gasteiger partial charge in [0.1, 0.15) is 19.3 Å². The van der Waals surface area contributed by atoms with E-state index < -0.39 is 97.5 Å². The average Bonchev–Trinajstić information content (AvgIpc) is 1.66. The molecule has 3 N–H and O–H groups in total. The van der Waals surface area contributed by atoms with E-state index in [9.17, 15) is 43.2 Å². The lowest BCUT2D eigenvalue weighted by atomic mass is 9.99. The number of phosphoric ester groups is 2.